The Morgan fingerprint density at radius 3 is 2.23 bits per heavy atom. The Morgan fingerprint density at radius 1 is 0.867 bits per heavy atom. The molecule has 0 amide bonds. The average Bonchev–Trinajstić information content (AvgIpc) is 3.18. The molecule has 0 spiro atoms. The van der Waals surface area contributed by atoms with Gasteiger partial charge in [0, 0.05) is 10.9 Å². The fraction of sp³-hybridized carbons (Fsp3) is 0.154. The van der Waals surface area contributed by atoms with Crippen molar-refractivity contribution in [3.63, 3.8) is 0 Å². The van der Waals surface area contributed by atoms with Crippen LogP contribution in [-0.4, -0.2) is 23.3 Å². The number of hydrogen-bond donors (Lipinski definition) is 1. The maximum absolute atomic E-state index is 13.1. The summed E-state index contributed by atoms with van der Waals surface area (Å²) in [6.07, 6.45) is 0.233. The summed E-state index contributed by atoms with van der Waals surface area (Å²) in [6, 6.07) is 27.2. The first-order chi connectivity index (χ1) is 14.6. The van der Waals surface area contributed by atoms with Crippen molar-refractivity contribution in [2.24, 2.45) is 0 Å². The lowest BCUT2D eigenvalue weighted by molar-refractivity contribution is -0.142. The van der Waals surface area contributed by atoms with Crippen LogP contribution in [0.2, 0.25) is 0 Å². The van der Waals surface area contributed by atoms with Gasteiger partial charge in [0.25, 0.3) is 0 Å². The predicted octanol–water partition coefficient (Wildman–Crippen LogP) is 5.75. The fourth-order valence-electron chi connectivity index (χ4n) is 3.68. The van der Waals surface area contributed by atoms with E-state index in [1.807, 2.05) is 91.9 Å². The summed E-state index contributed by atoms with van der Waals surface area (Å²) in [5, 5.41) is 0.829. The monoisotopic (exact) mass is 397 g/mol. The van der Waals surface area contributed by atoms with Gasteiger partial charge in [0.2, 0.25) is 5.78 Å². The number of Topliss-reactive ketones (excluding diaryl/α,β-unsaturated/α-hetero) is 1. The molecule has 1 aromatic heterocycles. The van der Waals surface area contributed by atoms with Crippen molar-refractivity contribution in [1.29, 1.82) is 0 Å². The van der Waals surface area contributed by atoms with Crippen LogP contribution in [0, 0.1) is 0 Å². The van der Waals surface area contributed by atoms with E-state index in [2.05, 4.69) is 4.98 Å². The minimum atomic E-state index is -0.374. The Balaban J connectivity index is 1.51. The van der Waals surface area contributed by atoms with Crippen LogP contribution >= 0.6 is 0 Å². The summed E-state index contributed by atoms with van der Waals surface area (Å²) >= 11 is 0. The molecular weight excluding hydrogens is 374 g/mol. The zero-order chi connectivity index (χ0) is 20.9. The third-order valence-corrected chi connectivity index (χ3v) is 5.25. The molecule has 1 heterocycles. The Labute approximate surface area is 175 Å². The van der Waals surface area contributed by atoms with Crippen LogP contribution in [-0.2, 0) is 9.53 Å². The summed E-state index contributed by atoms with van der Waals surface area (Å²) in [7, 11) is 0. The van der Waals surface area contributed by atoms with E-state index in [-0.39, 0.29) is 30.7 Å². The lowest BCUT2D eigenvalue weighted by Gasteiger charge is -2.11. The van der Waals surface area contributed by atoms with Gasteiger partial charge in [-0.05, 0) is 23.1 Å². The average molecular weight is 397 g/mol. The maximum atomic E-state index is 13.1. The summed E-state index contributed by atoms with van der Waals surface area (Å²) < 4.78 is 5.36. The molecule has 0 saturated carbocycles. The molecule has 0 aliphatic rings. The number of ketones is 1. The second-order valence-corrected chi connectivity index (χ2v) is 7.39. The van der Waals surface area contributed by atoms with Gasteiger partial charge in [0.1, 0.15) is 0 Å². The second-order valence-electron chi connectivity index (χ2n) is 7.39. The molecule has 0 aliphatic carbocycles. The maximum Gasteiger partial charge on any atom is 0.306 e. The van der Waals surface area contributed by atoms with Crippen molar-refractivity contribution in [2.75, 3.05) is 6.61 Å². The van der Waals surface area contributed by atoms with Crippen LogP contribution in [0.3, 0.4) is 0 Å². The van der Waals surface area contributed by atoms with E-state index in [4.69, 9.17) is 4.74 Å². The minimum Gasteiger partial charge on any atom is -0.457 e. The third kappa shape index (κ3) is 4.18. The summed E-state index contributed by atoms with van der Waals surface area (Å²) in [5.41, 5.74) is 4.17. The number of aromatic nitrogens is 1. The molecule has 0 bridgehead atoms. The van der Waals surface area contributed by atoms with Gasteiger partial charge in [0.05, 0.1) is 17.7 Å². The second kappa shape index (κ2) is 8.78. The number of fused-ring (bicyclic) bond motifs is 1. The number of benzene rings is 3. The first-order valence-corrected chi connectivity index (χ1v) is 10.0. The van der Waals surface area contributed by atoms with Crippen molar-refractivity contribution in [3.05, 3.63) is 96.1 Å². The molecule has 1 atom stereocenters. The molecule has 30 heavy (non-hydrogen) atoms. The Hall–Kier alpha value is -3.66. The lowest BCUT2D eigenvalue weighted by atomic mass is 9.98. The molecule has 0 fully saturated rings. The SMILES string of the molecule is C[C@H](CC(=O)OCC(=O)c1c(-c2ccccc2)[nH]c2ccccc12)c1ccccc1. The van der Waals surface area contributed by atoms with Gasteiger partial charge >= 0.3 is 5.97 Å². The molecule has 1 N–H and O–H groups in total. The van der Waals surface area contributed by atoms with Crippen molar-refractivity contribution >= 4 is 22.7 Å². The van der Waals surface area contributed by atoms with Gasteiger partial charge in [-0.2, -0.15) is 0 Å². The highest BCUT2D eigenvalue weighted by Gasteiger charge is 2.21. The van der Waals surface area contributed by atoms with Gasteiger partial charge in [0.15, 0.2) is 6.61 Å². The number of carbonyl (C=O) groups is 2. The van der Waals surface area contributed by atoms with E-state index in [9.17, 15) is 9.59 Å². The quantitative estimate of drug-likeness (QED) is 0.319. The highest BCUT2D eigenvalue weighted by atomic mass is 16.5. The van der Waals surface area contributed by atoms with Crippen LogP contribution in [0.1, 0.15) is 35.2 Å². The lowest BCUT2D eigenvalue weighted by Crippen LogP contribution is -2.16. The minimum absolute atomic E-state index is 0.0294. The summed E-state index contributed by atoms with van der Waals surface area (Å²) in [6.45, 7) is 1.70. The standard InChI is InChI=1S/C26H23NO3/c1-18(19-10-4-2-5-11-19)16-24(29)30-17-23(28)25-21-14-8-9-15-22(21)27-26(25)20-12-6-3-7-13-20/h2-15,18,27H,16-17H2,1H3/t18-/m1/s1. The van der Waals surface area contributed by atoms with E-state index < -0.39 is 0 Å². The van der Waals surface area contributed by atoms with Crippen molar-refractivity contribution in [3.8, 4) is 11.3 Å². The predicted molar refractivity (Wildman–Crippen MR) is 118 cm³/mol. The molecule has 4 heteroatoms. The summed E-state index contributed by atoms with van der Waals surface area (Å²) in [5.74, 6) is -0.561. The number of ether oxygens (including phenoxy) is 1. The van der Waals surface area contributed by atoms with E-state index in [1.54, 1.807) is 0 Å². The summed E-state index contributed by atoms with van der Waals surface area (Å²) in [4.78, 5) is 28.8. The molecule has 0 aliphatic heterocycles. The van der Waals surface area contributed by atoms with Gasteiger partial charge in [-0.15, -0.1) is 0 Å². The van der Waals surface area contributed by atoms with Crippen molar-refractivity contribution < 1.29 is 14.3 Å². The Morgan fingerprint density at radius 2 is 1.50 bits per heavy atom. The normalized spacial score (nSPS) is 11.9. The first-order valence-electron chi connectivity index (χ1n) is 10.0. The number of H-pyrrole nitrogens is 1. The number of hydrogen-bond acceptors (Lipinski definition) is 3. The molecule has 3 aromatic carbocycles. The third-order valence-electron chi connectivity index (χ3n) is 5.25. The van der Waals surface area contributed by atoms with Crippen LogP contribution in [0.4, 0.5) is 0 Å². The van der Waals surface area contributed by atoms with E-state index in [1.165, 1.54) is 0 Å². The number of para-hydroxylation sites is 1. The molecule has 4 rings (SSSR count). The number of esters is 1. The molecule has 0 saturated heterocycles. The van der Waals surface area contributed by atoms with Gasteiger partial charge in [-0.3, -0.25) is 9.59 Å². The largest absolute Gasteiger partial charge is 0.457 e. The van der Waals surface area contributed by atoms with E-state index in [0.29, 0.717) is 5.56 Å². The van der Waals surface area contributed by atoms with Crippen molar-refractivity contribution in [2.45, 2.75) is 19.3 Å². The molecule has 4 aromatic rings. The zero-order valence-electron chi connectivity index (χ0n) is 16.8. The Kier molecular flexibility index (Phi) is 5.75. The van der Waals surface area contributed by atoms with E-state index in [0.717, 1.165) is 27.7 Å². The fourth-order valence-corrected chi connectivity index (χ4v) is 3.68. The number of aromatic amines is 1. The Bertz CT molecular complexity index is 1160. The van der Waals surface area contributed by atoms with Crippen LogP contribution in [0.5, 0.6) is 0 Å². The molecular formula is C26H23NO3. The topological polar surface area (TPSA) is 59.2 Å². The molecule has 0 radical (unpaired) electrons. The number of rotatable bonds is 7. The van der Waals surface area contributed by atoms with Crippen LogP contribution in [0.15, 0.2) is 84.9 Å². The van der Waals surface area contributed by atoms with Crippen LogP contribution in [0.25, 0.3) is 22.2 Å². The van der Waals surface area contributed by atoms with Crippen LogP contribution < -0.4 is 0 Å². The number of carbonyl (C=O) groups excluding carboxylic acids is 2. The number of nitrogens with one attached hydrogen (secondary N) is 1. The van der Waals surface area contributed by atoms with Gasteiger partial charge in [-0.1, -0.05) is 85.8 Å². The van der Waals surface area contributed by atoms with E-state index >= 15 is 0 Å². The van der Waals surface area contributed by atoms with Gasteiger partial charge < -0.3 is 9.72 Å². The highest BCUT2D eigenvalue weighted by molar-refractivity contribution is 6.14. The highest BCUT2D eigenvalue weighted by Crippen LogP contribution is 2.30. The van der Waals surface area contributed by atoms with Gasteiger partial charge in [-0.25, -0.2) is 0 Å². The van der Waals surface area contributed by atoms with Crippen molar-refractivity contribution in [1.82, 2.24) is 4.98 Å². The zero-order valence-corrected chi connectivity index (χ0v) is 16.8. The molecule has 150 valence electrons. The first kappa shape index (κ1) is 19.6. The smallest absolute Gasteiger partial charge is 0.306 e. The molecule has 0 unspecified atom stereocenters. The molecule has 4 nitrogen and oxygen atoms in total.